The van der Waals surface area contributed by atoms with E-state index in [2.05, 4.69) is 99.0 Å². The van der Waals surface area contributed by atoms with Gasteiger partial charge in [0.2, 0.25) is 0 Å². The monoisotopic (exact) mass is 506 g/mol. The van der Waals surface area contributed by atoms with E-state index in [0.717, 1.165) is 0 Å². The number of benzene rings is 2. The van der Waals surface area contributed by atoms with Gasteiger partial charge in [-0.05, 0) is 13.8 Å². The van der Waals surface area contributed by atoms with Gasteiger partial charge in [0.25, 0.3) is 0 Å². The molecule has 0 saturated carbocycles. The smallest absolute Gasteiger partial charge is 0.478 e. The predicted octanol–water partition coefficient (Wildman–Crippen LogP) is 5.55. The van der Waals surface area contributed by atoms with E-state index in [-0.39, 0.29) is 32.9 Å². The Hall–Kier alpha value is -2.99. The Labute approximate surface area is 216 Å². The summed E-state index contributed by atoms with van der Waals surface area (Å²) in [7, 11) is -1.62. The van der Waals surface area contributed by atoms with Gasteiger partial charge in [0.15, 0.2) is 0 Å². The van der Waals surface area contributed by atoms with Crippen LogP contribution in [0.25, 0.3) is 21.5 Å². The van der Waals surface area contributed by atoms with Crippen LogP contribution < -0.4 is 10.4 Å². The fourth-order valence-corrected chi connectivity index (χ4v) is 5.59. The SMILES string of the molecule is C=C(C)C(=O)O.C=C(C)C(=O)O.C[Si](C)(c1cc2ccccc2[cH-]1)c1cc2ccccc2[cH-]1.[Ti+2]. The fraction of sp³-hybridized carbons (Fsp3) is 0.143. The first kappa shape index (κ1) is 29.0. The summed E-state index contributed by atoms with van der Waals surface area (Å²) in [6.45, 7) is 14.1. The van der Waals surface area contributed by atoms with E-state index in [1.54, 1.807) is 0 Å². The molecule has 174 valence electrons. The maximum atomic E-state index is 9.60. The van der Waals surface area contributed by atoms with E-state index in [4.69, 9.17) is 10.2 Å². The Morgan fingerprint density at radius 1 is 0.735 bits per heavy atom. The number of carbonyl (C=O) groups is 2. The first-order valence-electron chi connectivity index (χ1n) is 10.5. The molecule has 6 heteroatoms. The second-order valence-electron chi connectivity index (χ2n) is 8.54. The van der Waals surface area contributed by atoms with Gasteiger partial charge in [0.05, 0.1) is 8.07 Å². The molecule has 0 atom stereocenters. The Bertz CT molecular complexity index is 1120. The van der Waals surface area contributed by atoms with Gasteiger partial charge in [0.1, 0.15) is 0 Å². The zero-order chi connectivity index (χ0) is 24.8. The summed E-state index contributed by atoms with van der Waals surface area (Å²) >= 11 is 0. The molecule has 34 heavy (non-hydrogen) atoms. The van der Waals surface area contributed by atoms with Crippen molar-refractivity contribution in [3.05, 3.63) is 97.1 Å². The van der Waals surface area contributed by atoms with Gasteiger partial charge >= 0.3 is 33.7 Å². The molecule has 0 spiro atoms. The molecule has 4 nitrogen and oxygen atoms in total. The quantitative estimate of drug-likeness (QED) is 0.216. The third-order valence-corrected chi connectivity index (χ3v) is 8.87. The third-order valence-electron chi connectivity index (χ3n) is 5.41. The standard InChI is InChI=1S/C20H18Si.2C4H6O2.Ti/c1-21(2,19-11-15-7-3-4-8-16(15)12-19)20-13-17-9-5-6-10-18(17)14-20;2*1-3(2)4(5)6;/h3-14H,1-2H3;2*1H2,2H3,(H,5,6);/q-2;;;+2. The second-order valence-corrected chi connectivity index (χ2v) is 12.9. The van der Waals surface area contributed by atoms with Crippen molar-refractivity contribution < 1.29 is 41.5 Å². The molecule has 4 rings (SSSR count). The minimum Gasteiger partial charge on any atom is -0.478 e. The number of carboxylic acids is 2. The van der Waals surface area contributed by atoms with E-state index in [9.17, 15) is 9.59 Å². The number of carboxylic acid groups (broad SMARTS) is 2. The van der Waals surface area contributed by atoms with Crippen molar-refractivity contribution in [1.29, 1.82) is 0 Å². The van der Waals surface area contributed by atoms with Crippen molar-refractivity contribution in [3.63, 3.8) is 0 Å². The average Bonchev–Trinajstić information content (AvgIpc) is 3.39. The summed E-state index contributed by atoms with van der Waals surface area (Å²) in [4.78, 5) is 19.2. The Balaban J connectivity index is 0.000000375. The summed E-state index contributed by atoms with van der Waals surface area (Å²) in [6, 6.07) is 26.9. The van der Waals surface area contributed by atoms with Crippen LogP contribution in [0.3, 0.4) is 0 Å². The predicted molar refractivity (Wildman–Crippen MR) is 141 cm³/mol. The van der Waals surface area contributed by atoms with Gasteiger partial charge in [-0.15, -0.1) is 69.7 Å². The van der Waals surface area contributed by atoms with Gasteiger partial charge in [-0.2, -0.15) is 22.9 Å². The van der Waals surface area contributed by atoms with Crippen LogP contribution in [0.15, 0.2) is 97.1 Å². The van der Waals surface area contributed by atoms with Crippen LogP contribution >= 0.6 is 0 Å². The minimum atomic E-state index is -1.62. The second kappa shape index (κ2) is 12.5. The first-order chi connectivity index (χ1) is 15.4. The Morgan fingerprint density at radius 3 is 1.29 bits per heavy atom. The van der Waals surface area contributed by atoms with Crippen LogP contribution in [0.1, 0.15) is 13.8 Å². The molecule has 4 aromatic carbocycles. The van der Waals surface area contributed by atoms with Gasteiger partial charge in [-0.1, -0.05) is 38.4 Å². The molecule has 0 aromatic heterocycles. The van der Waals surface area contributed by atoms with Crippen LogP contribution in [-0.2, 0) is 31.3 Å². The summed E-state index contributed by atoms with van der Waals surface area (Å²) in [5, 5.41) is 24.3. The molecular formula is C28H30O4SiTi. The van der Waals surface area contributed by atoms with Crippen LogP contribution in [0.5, 0.6) is 0 Å². The zero-order valence-corrected chi connectivity index (χ0v) is 22.6. The first-order valence-corrected chi connectivity index (χ1v) is 13.5. The Kier molecular flexibility index (Phi) is 10.6. The van der Waals surface area contributed by atoms with Crippen molar-refractivity contribution in [1.82, 2.24) is 0 Å². The topological polar surface area (TPSA) is 74.6 Å². The molecule has 0 aliphatic rings. The van der Waals surface area contributed by atoms with E-state index in [1.807, 2.05) is 0 Å². The molecule has 0 bridgehead atoms. The summed E-state index contributed by atoms with van der Waals surface area (Å²) < 4.78 is 0. The number of fused-ring (bicyclic) bond motifs is 2. The molecule has 0 saturated heterocycles. The zero-order valence-electron chi connectivity index (χ0n) is 20.1. The van der Waals surface area contributed by atoms with Crippen LogP contribution in [0.4, 0.5) is 0 Å². The van der Waals surface area contributed by atoms with E-state index in [0.29, 0.717) is 0 Å². The van der Waals surface area contributed by atoms with Crippen molar-refractivity contribution in [2.75, 3.05) is 0 Å². The molecule has 0 fully saturated rings. The van der Waals surface area contributed by atoms with Gasteiger partial charge < -0.3 is 10.2 Å². The van der Waals surface area contributed by atoms with Crippen LogP contribution in [-0.4, -0.2) is 30.2 Å². The molecule has 2 N–H and O–H groups in total. The molecular weight excluding hydrogens is 476 g/mol. The Morgan fingerprint density at radius 2 is 1.03 bits per heavy atom. The molecule has 0 heterocycles. The molecule has 4 aromatic rings. The molecule has 0 aliphatic heterocycles. The summed E-state index contributed by atoms with van der Waals surface area (Å²) in [6.07, 6.45) is 0. The molecule has 0 amide bonds. The van der Waals surface area contributed by atoms with Gasteiger partial charge in [0, 0.05) is 11.1 Å². The number of hydrogen-bond donors (Lipinski definition) is 2. The maximum absolute atomic E-state index is 9.60. The van der Waals surface area contributed by atoms with Crippen LogP contribution in [0, 0.1) is 0 Å². The normalized spacial score (nSPS) is 10.2. The van der Waals surface area contributed by atoms with Crippen LogP contribution in [0.2, 0.25) is 13.1 Å². The number of aliphatic carboxylic acids is 2. The third kappa shape index (κ3) is 7.52. The van der Waals surface area contributed by atoms with E-state index in [1.165, 1.54) is 45.8 Å². The number of rotatable bonds is 4. The summed E-state index contributed by atoms with van der Waals surface area (Å²) in [5.41, 5.74) is 0.352. The largest absolute Gasteiger partial charge is 2.00 e. The van der Waals surface area contributed by atoms with Crippen molar-refractivity contribution in [3.8, 4) is 0 Å². The van der Waals surface area contributed by atoms with Crippen molar-refractivity contribution >= 4 is 51.9 Å². The van der Waals surface area contributed by atoms with Gasteiger partial charge in [-0.25, -0.2) is 9.59 Å². The average molecular weight is 506 g/mol. The maximum Gasteiger partial charge on any atom is 2.00 e. The van der Waals surface area contributed by atoms with Crippen molar-refractivity contribution in [2.45, 2.75) is 26.9 Å². The molecule has 0 unspecified atom stereocenters. The minimum absolute atomic E-state index is 0. The molecule has 0 aliphatic carbocycles. The summed E-state index contributed by atoms with van der Waals surface area (Å²) in [5.74, 6) is -1.87. The van der Waals surface area contributed by atoms with E-state index < -0.39 is 20.0 Å². The fourth-order valence-electron chi connectivity index (χ4n) is 3.19. The van der Waals surface area contributed by atoms with E-state index >= 15 is 0 Å². The van der Waals surface area contributed by atoms with Gasteiger partial charge in [-0.3, -0.25) is 0 Å². The number of hydrogen-bond acceptors (Lipinski definition) is 2. The molecule has 0 radical (unpaired) electrons. The van der Waals surface area contributed by atoms with Crippen molar-refractivity contribution in [2.24, 2.45) is 0 Å².